The lowest BCUT2D eigenvalue weighted by molar-refractivity contribution is 0.255. The van der Waals surface area contributed by atoms with Gasteiger partial charge in [0.1, 0.15) is 0 Å². The second-order valence-electron chi connectivity index (χ2n) is 4.93. The van der Waals surface area contributed by atoms with Gasteiger partial charge in [-0.2, -0.15) is 0 Å². The van der Waals surface area contributed by atoms with Crippen molar-refractivity contribution in [2.75, 3.05) is 13.2 Å². The molecule has 0 spiro atoms. The summed E-state index contributed by atoms with van der Waals surface area (Å²) < 4.78 is 0. The molecule has 0 aliphatic heterocycles. The first kappa shape index (κ1) is 15.2. The summed E-state index contributed by atoms with van der Waals surface area (Å²) in [5, 5.41) is 12.6. The topological polar surface area (TPSA) is 58.3 Å². The molecule has 0 heterocycles. The number of nitrogens with one attached hydrogen (secondary N) is 1. The van der Waals surface area contributed by atoms with Gasteiger partial charge >= 0.3 is 0 Å². The molecule has 0 radical (unpaired) electrons. The van der Waals surface area contributed by atoms with E-state index >= 15 is 0 Å². The average Bonchev–Trinajstić information content (AvgIpc) is 2.35. The fraction of sp³-hybridized carbons (Fsp3) is 0.600. The first-order chi connectivity index (χ1) is 8.62. The lowest BCUT2D eigenvalue weighted by atomic mass is 9.98. The maximum Gasteiger partial charge on any atom is 0.0449 e. The van der Waals surface area contributed by atoms with E-state index in [2.05, 4.69) is 44.3 Å². The van der Waals surface area contributed by atoms with Gasteiger partial charge in [-0.15, -0.1) is 0 Å². The van der Waals surface area contributed by atoms with Gasteiger partial charge in [-0.05, 0) is 37.8 Å². The Labute approximate surface area is 110 Å². The molecule has 0 saturated carbocycles. The van der Waals surface area contributed by atoms with E-state index in [4.69, 9.17) is 10.8 Å². The summed E-state index contributed by atoms with van der Waals surface area (Å²) >= 11 is 0. The number of nitrogens with two attached hydrogens (primary N) is 1. The molecule has 4 N–H and O–H groups in total. The molecule has 0 fully saturated rings. The molecule has 2 atom stereocenters. The quantitative estimate of drug-likeness (QED) is 0.694. The van der Waals surface area contributed by atoms with Crippen molar-refractivity contribution < 1.29 is 5.11 Å². The van der Waals surface area contributed by atoms with Crippen LogP contribution >= 0.6 is 0 Å². The third-order valence-corrected chi connectivity index (χ3v) is 3.44. The highest BCUT2D eigenvalue weighted by atomic mass is 16.3. The molecular weight excluding hydrogens is 224 g/mol. The van der Waals surface area contributed by atoms with Crippen molar-refractivity contribution in [1.82, 2.24) is 5.32 Å². The van der Waals surface area contributed by atoms with E-state index in [0.717, 1.165) is 12.8 Å². The molecule has 0 aliphatic carbocycles. The molecule has 1 rings (SSSR count). The van der Waals surface area contributed by atoms with Crippen molar-refractivity contribution in [2.24, 2.45) is 5.73 Å². The monoisotopic (exact) mass is 250 g/mol. The van der Waals surface area contributed by atoms with Gasteiger partial charge < -0.3 is 16.2 Å². The molecule has 1 aromatic rings. The summed E-state index contributed by atoms with van der Waals surface area (Å²) in [6.45, 7) is 7.15. The van der Waals surface area contributed by atoms with Gasteiger partial charge in [0, 0.05) is 25.2 Å². The van der Waals surface area contributed by atoms with Crippen LogP contribution in [0.25, 0.3) is 0 Å². The minimum atomic E-state index is 0.169. The van der Waals surface area contributed by atoms with E-state index in [9.17, 15) is 0 Å². The summed E-state index contributed by atoms with van der Waals surface area (Å²) in [4.78, 5) is 0. The number of aliphatic hydroxyl groups is 1. The number of benzene rings is 1. The molecule has 102 valence electrons. The molecule has 0 aliphatic rings. The Morgan fingerprint density at radius 1 is 1.33 bits per heavy atom. The van der Waals surface area contributed by atoms with Gasteiger partial charge in [0.25, 0.3) is 0 Å². The van der Waals surface area contributed by atoms with Crippen LogP contribution in [0.2, 0.25) is 0 Å². The predicted molar refractivity (Wildman–Crippen MR) is 76.6 cm³/mol. The third-order valence-electron chi connectivity index (χ3n) is 3.44. The highest BCUT2D eigenvalue weighted by Crippen LogP contribution is 2.19. The fourth-order valence-corrected chi connectivity index (χ4v) is 2.35. The van der Waals surface area contributed by atoms with Crippen molar-refractivity contribution in [1.29, 1.82) is 0 Å². The van der Waals surface area contributed by atoms with Gasteiger partial charge in [-0.25, -0.2) is 0 Å². The van der Waals surface area contributed by atoms with E-state index in [-0.39, 0.29) is 12.6 Å². The standard InChI is InChI=1S/C15H26N2O/c1-4-13(7-8-18)17-15(10-16)14-6-5-11(2)9-12(14)3/h5-6,9,13,15,17-18H,4,7-8,10,16H2,1-3H3. The maximum absolute atomic E-state index is 9.04. The van der Waals surface area contributed by atoms with E-state index in [1.54, 1.807) is 0 Å². The van der Waals surface area contributed by atoms with Crippen molar-refractivity contribution >= 4 is 0 Å². The van der Waals surface area contributed by atoms with Gasteiger partial charge in [-0.1, -0.05) is 30.7 Å². The minimum absolute atomic E-state index is 0.169. The normalized spacial score (nSPS) is 14.5. The Morgan fingerprint density at radius 2 is 2.06 bits per heavy atom. The molecule has 0 saturated heterocycles. The second-order valence-corrected chi connectivity index (χ2v) is 4.93. The molecule has 18 heavy (non-hydrogen) atoms. The summed E-state index contributed by atoms with van der Waals surface area (Å²) in [6, 6.07) is 6.96. The molecule has 0 bridgehead atoms. The first-order valence-electron chi connectivity index (χ1n) is 6.76. The van der Waals surface area contributed by atoms with Crippen LogP contribution in [0.1, 0.15) is 42.5 Å². The highest BCUT2D eigenvalue weighted by molar-refractivity contribution is 5.33. The number of aliphatic hydroxyl groups excluding tert-OH is 1. The SMILES string of the molecule is CCC(CCO)NC(CN)c1ccc(C)cc1C. The van der Waals surface area contributed by atoms with Crippen LogP contribution in [0.5, 0.6) is 0 Å². The number of hydrogen-bond acceptors (Lipinski definition) is 3. The summed E-state index contributed by atoms with van der Waals surface area (Å²) in [6.07, 6.45) is 1.78. The summed E-state index contributed by atoms with van der Waals surface area (Å²) in [5.41, 5.74) is 9.70. The Kier molecular flexibility index (Phi) is 6.33. The molecule has 0 amide bonds. The van der Waals surface area contributed by atoms with Crippen LogP contribution in [0.4, 0.5) is 0 Å². The van der Waals surface area contributed by atoms with Gasteiger partial charge in [-0.3, -0.25) is 0 Å². The van der Waals surface area contributed by atoms with Crippen molar-refractivity contribution in [2.45, 2.75) is 45.7 Å². The van der Waals surface area contributed by atoms with Crippen molar-refractivity contribution in [3.63, 3.8) is 0 Å². The van der Waals surface area contributed by atoms with Gasteiger partial charge in [0.05, 0.1) is 0 Å². The molecule has 0 aromatic heterocycles. The van der Waals surface area contributed by atoms with Crippen molar-refractivity contribution in [3.8, 4) is 0 Å². The van der Waals surface area contributed by atoms with E-state index in [1.807, 2.05) is 0 Å². The van der Waals surface area contributed by atoms with Gasteiger partial charge in [0.2, 0.25) is 0 Å². The number of aryl methyl sites for hydroxylation is 2. The second kappa shape index (κ2) is 7.52. The predicted octanol–water partition coefficient (Wildman–Crippen LogP) is 2.05. The fourth-order valence-electron chi connectivity index (χ4n) is 2.35. The van der Waals surface area contributed by atoms with Crippen LogP contribution in [0.3, 0.4) is 0 Å². The zero-order valence-corrected chi connectivity index (χ0v) is 11.7. The average molecular weight is 250 g/mol. The third kappa shape index (κ3) is 4.09. The van der Waals surface area contributed by atoms with Gasteiger partial charge in [0.15, 0.2) is 0 Å². The zero-order chi connectivity index (χ0) is 13.5. The lowest BCUT2D eigenvalue weighted by Crippen LogP contribution is -2.37. The Hall–Kier alpha value is -0.900. The first-order valence-corrected chi connectivity index (χ1v) is 6.76. The Balaban J connectivity index is 2.81. The van der Waals surface area contributed by atoms with Crippen LogP contribution in [0.15, 0.2) is 18.2 Å². The zero-order valence-electron chi connectivity index (χ0n) is 11.7. The van der Waals surface area contributed by atoms with Crippen molar-refractivity contribution in [3.05, 3.63) is 34.9 Å². The number of hydrogen-bond donors (Lipinski definition) is 3. The molecule has 3 nitrogen and oxygen atoms in total. The largest absolute Gasteiger partial charge is 0.396 e. The van der Waals surface area contributed by atoms with E-state index in [0.29, 0.717) is 12.6 Å². The summed E-state index contributed by atoms with van der Waals surface area (Å²) in [5.74, 6) is 0. The molecular formula is C15H26N2O. The van der Waals surface area contributed by atoms with Crippen LogP contribution in [-0.2, 0) is 0 Å². The molecule has 3 heteroatoms. The minimum Gasteiger partial charge on any atom is -0.396 e. The maximum atomic E-state index is 9.04. The number of rotatable bonds is 7. The lowest BCUT2D eigenvalue weighted by Gasteiger charge is -2.25. The van der Waals surface area contributed by atoms with E-state index in [1.165, 1.54) is 16.7 Å². The Morgan fingerprint density at radius 3 is 2.56 bits per heavy atom. The highest BCUT2D eigenvalue weighted by Gasteiger charge is 2.16. The summed E-state index contributed by atoms with van der Waals surface area (Å²) in [7, 11) is 0. The Bertz CT molecular complexity index is 366. The van der Waals surface area contributed by atoms with Crippen LogP contribution in [0, 0.1) is 13.8 Å². The smallest absolute Gasteiger partial charge is 0.0449 e. The van der Waals surface area contributed by atoms with Crippen LogP contribution < -0.4 is 11.1 Å². The van der Waals surface area contributed by atoms with E-state index < -0.39 is 0 Å². The molecule has 1 aromatic carbocycles. The van der Waals surface area contributed by atoms with Crippen LogP contribution in [-0.4, -0.2) is 24.3 Å². The molecule has 2 unspecified atom stereocenters.